The van der Waals surface area contributed by atoms with Crippen LogP contribution in [0.4, 0.5) is 0 Å². The molecule has 0 N–H and O–H groups in total. The molecule has 1 aliphatic heterocycles. The first-order valence-electron chi connectivity index (χ1n) is 8.75. The van der Waals surface area contributed by atoms with Gasteiger partial charge in [-0.2, -0.15) is 0 Å². The lowest BCUT2D eigenvalue weighted by Crippen LogP contribution is -2.36. The van der Waals surface area contributed by atoms with Crippen LogP contribution in [0.3, 0.4) is 0 Å². The topological polar surface area (TPSA) is 47.6 Å². The number of para-hydroxylation sites is 1. The third kappa shape index (κ3) is 2.74. The van der Waals surface area contributed by atoms with Crippen molar-refractivity contribution in [1.29, 1.82) is 0 Å². The Morgan fingerprint density at radius 2 is 2.08 bits per heavy atom. The maximum atomic E-state index is 12.4. The van der Waals surface area contributed by atoms with Crippen LogP contribution in [0.1, 0.15) is 41.7 Å². The highest BCUT2D eigenvalue weighted by molar-refractivity contribution is 5.96. The van der Waals surface area contributed by atoms with Crippen molar-refractivity contribution in [2.24, 2.45) is 0 Å². The van der Waals surface area contributed by atoms with Crippen molar-refractivity contribution in [2.45, 2.75) is 33.0 Å². The summed E-state index contributed by atoms with van der Waals surface area (Å²) in [7, 11) is 0. The van der Waals surface area contributed by atoms with E-state index in [0.29, 0.717) is 18.9 Å². The molecule has 5 nitrogen and oxygen atoms in total. The van der Waals surface area contributed by atoms with Crippen molar-refractivity contribution < 1.29 is 13.9 Å². The Hall–Kier alpha value is -2.53. The molecule has 0 aliphatic carbocycles. The average Bonchev–Trinajstić information content (AvgIpc) is 3.23. The van der Waals surface area contributed by atoms with E-state index in [1.54, 1.807) is 6.92 Å². The molecule has 130 valence electrons. The summed E-state index contributed by atoms with van der Waals surface area (Å²) in [5.41, 5.74) is 2.95. The minimum Gasteiger partial charge on any atom is -0.460 e. The van der Waals surface area contributed by atoms with E-state index >= 15 is 0 Å². The number of hydrogen-bond acceptors (Lipinski definition) is 4. The Kier molecular flexibility index (Phi) is 4.09. The summed E-state index contributed by atoms with van der Waals surface area (Å²) < 4.78 is 13.3. The quantitative estimate of drug-likeness (QED) is 0.675. The van der Waals surface area contributed by atoms with Gasteiger partial charge in [0.25, 0.3) is 0 Å². The molecule has 0 radical (unpaired) electrons. The zero-order valence-corrected chi connectivity index (χ0v) is 14.6. The van der Waals surface area contributed by atoms with E-state index in [4.69, 9.17) is 9.15 Å². The molecule has 0 bridgehead atoms. The molecule has 0 spiro atoms. The van der Waals surface area contributed by atoms with Gasteiger partial charge in [0.05, 0.1) is 6.61 Å². The number of benzene rings is 1. The van der Waals surface area contributed by atoms with Gasteiger partial charge in [0.2, 0.25) is 5.76 Å². The van der Waals surface area contributed by atoms with Crippen molar-refractivity contribution in [2.75, 3.05) is 13.2 Å². The second-order valence-corrected chi connectivity index (χ2v) is 6.40. The van der Waals surface area contributed by atoms with Crippen LogP contribution in [-0.4, -0.2) is 28.6 Å². The Morgan fingerprint density at radius 3 is 2.92 bits per heavy atom. The molecule has 25 heavy (non-hydrogen) atoms. The zero-order chi connectivity index (χ0) is 17.4. The van der Waals surface area contributed by atoms with Gasteiger partial charge in [-0.05, 0) is 32.0 Å². The Labute approximate surface area is 146 Å². The van der Waals surface area contributed by atoms with Crippen molar-refractivity contribution in [3.05, 3.63) is 59.6 Å². The minimum absolute atomic E-state index is 0.285. The number of fused-ring (bicyclic) bond motifs is 2. The molecular formula is C20H22N2O3. The normalized spacial score (nSPS) is 17.6. The number of carbonyl (C=O) groups is 1. The fourth-order valence-electron chi connectivity index (χ4n) is 3.66. The summed E-state index contributed by atoms with van der Waals surface area (Å²) in [6.07, 6.45) is 2.13. The highest BCUT2D eigenvalue weighted by Crippen LogP contribution is 2.32. The second kappa shape index (κ2) is 6.41. The average molecular weight is 338 g/mol. The summed E-state index contributed by atoms with van der Waals surface area (Å²) in [4.78, 5) is 14.8. The maximum Gasteiger partial charge on any atom is 0.374 e. The third-order valence-electron chi connectivity index (χ3n) is 4.99. The van der Waals surface area contributed by atoms with Gasteiger partial charge in [0.15, 0.2) is 0 Å². The Morgan fingerprint density at radius 1 is 1.24 bits per heavy atom. The van der Waals surface area contributed by atoms with Crippen LogP contribution in [-0.2, 0) is 17.8 Å². The summed E-state index contributed by atoms with van der Waals surface area (Å²) in [6.45, 7) is 6.90. The van der Waals surface area contributed by atoms with E-state index in [2.05, 4.69) is 34.7 Å². The van der Waals surface area contributed by atoms with Crippen LogP contribution in [0.2, 0.25) is 0 Å². The summed E-state index contributed by atoms with van der Waals surface area (Å²) >= 11 is 0. The first kappa shape index (κ1) is 16.0. The van der Waals surface area contributed by atoms with Gasteiger partial charge in [-0.3, -0.25) is 4.90 Å². The van der Waals surface area contributed by atoms with Crippen molar-refractivity contribution >= 4 is 16.9 Å². The molecule has 2 aromatic heterocycles. The lowest BCUT2D eigenvalue weighted by Gasteiger charge is -2.34. The number of hydrogen-bond donors (Lipinski definition) is 0. The molecule has 0 saturated carbocycles. The molecule has 5 heteroatoms. The molecule has 3 aromatic rings. The Bertz CT molecular complexity index is 909. The molecular weight excluding hydrogens is 316 g/mol. The molecule has 0 amide bonds. The molecule has 0 saturated heterocycles. The van der Waals surface area contributed by atoms with Gasteiger partial charge >= 0.3 is 5.97 Å². The maximum absolute atomic E-state index is 12.4. The van der Waals surface area contributed by atoms with Crippen LogP contribution in [0, 0.1) is 0 Å². The Balaban J connectivity index is 1.71. The van der Waals surface area contributed by atoms with Crippen LogP contribution >= 0.6 is 0 Å². The first-order chi connectivity index (χ1) is 12.2. The van der Waals surface area contributed by atoms with Gasteiger partial charge < -0.3 is 13.7 Å². The molecule has 1 atom stereocenters. The minimum atomic E-state index is -0.387. The van der Waals surface area contributed by atoms with Crippen LogP contribution < -0.4 is 0 Å². The van der Waals surface area contributed by atoms with E-state index in [1.807, 2.05) is 24.3 Å². The summed E-state index contributed by atoms with van der Waals surface area (Å²) in [5.74, 6) is -0.0575. The lowest BCUT2D eigenvalue weighted by molar-refractivity contribution is 0.0487. The van der Waals surface area contributed by atoms with Gasteiger partial charge in [0, 0.05) is 48.5 Å². The van der Waals surface area contributed by atoms with E-state index in [0.717, 1.165) is 29.6 Å². The van der Waals surface area contributed by atoms with Gasteiger partial charge in [-0.25, -0.2) is 4.79 Å². The molecule has 4 rings (SSSR count). The summed E-state index contributed by atoms with van der Waals surface area (Å²) in [6, 6.07) is 12.3. The molecule has 1 aromatic carbocycles. The second-order valence-electron chi connectivity index (χ2n) is 6.40. The fraction of sp³-hybridized carbons (Fsp3) is 0.350. The van der Waals surface area contributed by atoms with Crippen LogP contribution in [0.15, 0.2) is 47.0 Å². The van der Waals surface area contributed by atoms with E-state index < -0.39 is 0 Å². The van der Waals surface area contributed by atoms with Crippen LogP contribution in [0.25, 0.3) is 11.0 Å². The van der Waals surface area contributed by atoms with E-state index in [1.165, 1.54) is 5.69 Å². The van der Waals surface area contributed by atoms with Crippen molar-refractivity contribution in [1.82, 2.24) is 9.47 Å². The first-order valence-corrected chi connectivity index (χ1v) is 8.75. The number of carbonyl (C=O) groups excluding carboxylic acids is 1. The van der Waals surface area contributed by atoms with E-state index in [9.17, 15) is 4.79 Å². The molecule has 0 fully saturated rings. The monoisotopic (exact) mass is 338 g/mol. The molecule has 0 unspecified atom stereocenters. The highest BCUT2D eigenvalue weighted by Gasteiger charge is 2.28. The smallest absolute Gasteiger partial charge is 0.374 e. The largest absolute Gasteiger partial charge is 0.460 e. The van der Waals surface area contributed by atoms with Gasteiger partial charge in [-0.1, -0.05) is 18.2 Å². The number of esters is 1. The SMILES string of the molecule is CCOC(=O)c1oc2ccccc2c1CN1CCn2cccc2[C@@H]1C. The van der Waals surface area contributed by atoms with Crippen LogP contribution in [0.5, 0.6) is 0 Å². The number of nitrogens with zero attached hydrogens (tertiary/aromatic N) is 2. The predicted molar refractivity (Wildman–Crippen MR) is 95.4 cm³/mol. The number of rotatable bonds is 4. The molecule has 3 heterocycles. The standard InChI is InChI=1S/C20H22N2O3/c1-3-24-20(23)19-16(15-7-4-5-9-18(15)25-19)13-22-12-11-21-10-6-8-17(21)14(22)2/h4-10,14H,3,11-13H2,1-2H3/t14-/m0/s1. The number of aromatic nitrogens is 1. The van der Waals surface area contributed by atoms with Gasteiger partial charge in [0.1, 0.15) is 5.58 Å². The molecule has 1 aliphatic rings. The van der Waals surface area contributed by atoms with Gasteiger partial charge in [-0.15, -0.1) is 0 Å². The lowest BCUT2D eigenvalue weighted by atomic mass is 10.1. The highest BCUT2D eigenvalue weighted by atomic mass is 16.5. The zero-order valence-electron chi connectivity index (χ0n) is 14.6. The number of furan rings is 1. The van der Waals surface area contributed by atoms with Crippen molar-refractivity contribution in [3.8, 4) is 0 Å². The predicted octanol–water partition coefficient (Wildman–Crippen LogP) is 3.99. The fourth-order valence-corrected chi connectivity index (χ4v) is 3.66. The third-order valence-corrected chi connectivity index (χ3v) is 4.99. The van der Waals surface area contributed by atoms with E-state index in [-0.39, 0.29) is 12.0 Å². The number of ether oxygens (including phenoxy) is 1. The van der Waals surface area contributed by atoms with Crippen molar-refractivity contribution in [3.63, 3.8) is 0 Å². The summed E-state index contributed by atoms with van der Waals surface area (Å²) in [5, 5.41) is 0.985.